The Morgan fingerprint density at radius 1 is 1.11 bits per heavy atom. The van der Waals surface area contributed by atoms with Crippen molar-refractivity contribution in [3.8, 4) is 0 Å². The third-order valence-corrected chi connectivity index (χ3v) is 11.2. The molecule has 208 valence electrons. The van der Waals surface area contributed by atoms with Crippen molar-refractivity contribution in [1.29, 1.82) is 0 Å². The summed E-state index contributed by atoms with van der Waals surface area (Å²) in [6, 6.07) is 5.55. The van der Waals surface area contributed by atoms with Crippen molar-refractivity contribution in [2.75, 3.05) is 18.1 Å². The zero-order valence-electron chi connectivity index (χ0n) is 21.0. The number of rotatable bonds is 7. The van der Waals surface area contributed by atoms with Crippen molar-refractivity contribution in [3.63, 3.8) is 0 Å². The molecule has 0 radical (unpaired) electrons. The maximum absolute atomic E-state index is 13.7. The standard InChI is InChI=1S/C25H29ClF2N2O6S2/c1-13-6-16-9-17(10-18(13)25(16,32)12-29-37(3,33)34)38(35,36)23-8-15(4-5-19(23)26)24(31)30-22-11-21(28)20(27)7-14(22)2/h4-5,7-8,11,13,16-18,29,32H,6,9-10,12H2,1-3H3,(H,30,31)/t13-,16?,17+,18+,25+/m0/s1. The molecule has 0 aromatic heterocycles. The number of anilines is 1. The van der Waals surface area contributed by atoms with Gasteiger partial charge in [0.15, 0.2) is 21.5 Å². The molecule has 13 heteroatoms. The summed E-state index contributed by atoms with van der Waals surface area (Å²) in [5.41, 5.74) is -1.10. The molecule has 2 fully saturated rings. The monoisotopic (exact) mass is 590 g/mol. The number of carbonyl (C=O) groups is 1. The summed E-state index contributed by atoms with van der Waals surface area (Å²) < 4.78 is 80.2. The third kappa shape index (κ3) is 5.46. The van der Waals surface area contributed by atoms with E-state index < -0.39 is 60.1 Å². The number of aliphatic hydroxyl groups is 1. The van der Waals surface area contributed by atoms with Crippen LogP contribution in [0.25, 0.3) is 0 Å². The Bertz CT molecular complexity index is 1500. The van der Waals surface area contributed by atoms with Crippen LogP contribution >= 0.6 is 11.6 Å². The van der Waals surface area contributed by atoms with Gasteiger partial charge < -0.3 is 10.4 Å². The Labute approximate surface area is 225 Å². The van der Waals surface area contributed by atoms with Gasteiger partial charge in [0, 0.05) is 23.9 Å². The van der Waals surface area contributed by atoms with Gasteiger partial charge in [0.2, 0.25) is 10.0 Å². The number of hydrogen-bond donors (Lipinski definition) is 3. The first-order chi connectivity index (χ1) is 17.5. The van der Waals surface area contributed by atoms with Crippen LogP contribution in [0.1, 0.15) is 42.1 Å². The summed E-state index contributed by atoms with van der Waals surface area (Å²) in [7, 11) is -7.61. The molecule has 2 aromatic rings. The number of fused-ring (bicyclic) bond motifs is 2. The first kappa shape index (κ1) is 28.9. The summed E-state index contributed by atoms with van der Waals surface area (Å²) in [5.74, 6) is -3.87. The number of benzene rings is 2. The molecular formula is C25H29ClF2N2O6S2. The van der Waals surface area contributed by atoms with Crippen molar-refractivity contribution in [2.24, 2.45) is 17.8 Å². The molecule has 0 saturated heterocycles. The summed E-state index contributed by atoms with van der Waals surface area (Å²) in [6.07, 6.45) is 1.74. The summed E-state index contributed by atoms with van der Waals surface area (Å²) >= 11 is 6.27. The van der Waals surface area contributed by atoms with Gasteiger partial charge in [-0.1, -0.05) is 18.5 Å². The molecular weight excluding hydrogens is 562 g/mol. The van der Waals surface area contributed by atoms with Crippen LogP contribution in [0.5, 0.6) is 0 Å². The van der Waals surface area contributed by atoms with Gasteiger partial charge >= 0.3 is 0 Å². The minimum Gasteiger partial charge on any atom is -0.388 e. The Balaban J connectivity index is 1.59. The highest BCUT2D eigenvalue weighted by Crippen LogP contribution is 2.54. The minimum atomic E-state index is -4.06. The molecule has 2 aliphatic carbocycles. The van der Waals surface area contributed by atoms with Crippen LogP contribution < -0.4 is 10.0 Å². The molecule has 4 rings (SSSR count). The number of carbonyl (C=O) groups excluding carboxylic acids is 1. The predicted molar refractivity (Wildman–Crippen MR) is 139 cm³/mol. The SMILES string of the molecule is Cc1cc(F)c(F)cc1NC(=O)c1ccc(Cl)c(S(=O)(=O)[C@@H]2CC3C[C@H](C)[C@@H](C2)[C@@]3(O)CNS(C)(=O)=O)c1. The zero-order valence-corrected chi connectivity index (χ0v) is 23.4. The summed E-state index contributed by atoms with van der Waals surface area (Å²) in [6.45, 7) is 3.20. The largest absolute Gasteiger partial charge is 0.388 e. The van der Waals surface area contributed by atoms with Crippen molar-refractivity contribution >= 4 is 43.1 Å². The van der Waals surface area contributed by atoms with Crippen molar-refractivity contribution in [1.82, 2.24) is 4.72 Å². The number of hydrogen-bond acceptors (Lipinski definition) is 6. The number of halogens is 3. The molecule has 0 aliphatic heterocycles. The quantitative estimate of drug-likeness (QED) is 0.451. The van der Waals surface area contributed by atoms with Gasteiger partial charge in [0.1, 0.15) is 0 Å². The van der Waals surface area contributed by atoms with E-state index in [1.165, 1.54) is 19.1 Å². The highest BCUT2D eigenvalue weighted by molar-refractivity contribution is 7.92. The predicted octanol–water partition coefficient (Wildman–Crippen LogP) is 3.67. The highest BCUT2D eigenvalue weighted by atomic mass is 35.5. The smallest absolute Gasteiger partial charge is 0.255 e. The number of aryl methyl sites for hydroxylation is 1. The first-order valence-electron chi connectivity index (χ1n) is 12.0. The Morgan fingerprint density at radius 2 is 1.76 bits per heavy atom. The lowest BCUT2D eigenvalue weighted by Crippen LogP contribution is -2.55. The molecule has 0 spiro atoms. The van der Waals surface area contributed by atoms with E-state index in [-0.39, 0.29) is 52.0 Å². The van der Waals surface area contributed by atoms with Crippen LogP contribution in [0, 0.1) is 36.3 Å². The van der Waals surface area contributed by atoms with Crippen LogP contribution in [0.2, 0.25) is 5.02 Å². The molecule has 38 heavy (non-hydrogen) atoms. The Kier molecular flexibility index (Phi) is 7.69. The van der Waals surface area contributed by atoms with E-state index in [9.17, 15) is 35.5 Å². The zero-order chi connectivity index (χ0) is 28.2. The van der Waals surface area contributed by atoms with Crippen LogP contribution in [0.3, 0.4) is 0 Å². The molecule has 3 N–H and O–H groups in total. The lowest BCUT2D eigenvalue weighted by atomic mass is 9.73. The lowest BCUT2D eigenvalue weighted by molar-refractivity contribution is -0.0576. The topological polar surface area (TPSA) is 130 Å². The second-order valence-corrected chi connectivity index (χ2v) is 14.9. The second-order valence-electron chi connectivity index (χ2n) is 10.4. The fraction of sp³-hybridized carbons (Fsp3) is 0.480. The number of sulfonamides is 1. The van der Waals surface area contributed by atoms with E-state index in [0.29, 0.717) is 6.42 Å². The van der Waals surface area contributed by atoms with Crippen molar-refractivity contribution < 1.29 is 35.5 Å². The Morgan fingerprint density at radius 3 is 2.39 bits per heavy atom. The maximum Gasteiger partial charge on any atom is 0.255 e. The van der Waals surface area contributed by atoms with Gasteiger partial charge in [-0.2, -0.15) is 0 Å². The van der Waals surface area contributed by atoms with E-state index in [1.807, 2.05) is 6.92 Å². The van der Waals surface area contributed by atoms with Gasteiger partial charge in [0.25, 0.3) is 5.91 Å². The second kappa shape index (κ2) is 10.1. The fourth-order valence-corrected chi connectivity index (χ4v) is 8.71. The van der Waals surface area contributed by atoms with Crippen molar-refractivity contribution in [3.05, 3.63) is 58.1 Å². The number of nitrogens with one attached hydrogen (secondary N) is 2. The van der Waals surface area contributed by atoms with Gasteiger partial charge in [0.05, 0.1) is 27.0 Å². The summed E-state index contributed by atoms with van der Waals surface area (Å²) in [5, 5.41) is 12.9. The fourth-order valence-electron chi connectivity index (χ4n) is 5.84. The van der Waals surface area contributed by atoms with E-state index in [0.717, 1.165) is 24.5 Å². The molecule has 2 aliphatic rings. The molecule has 2 bridgehead atoms. The van der Waals surface area contributed by atoms with Gasteiger partial charge in [-0.25, -0.2) is 30.3 Å². The van der Waals surface area contributed by atoms with Gasteiger partial charge in [-0.15, -0.1) is 0 Å². The number of amides is 1. The van der Waals surface area contributed by atoms with Crippen LogP contribution in [-0.2, 0) is 19.9 Å². The lowest BCUT2D eigenvalue weighted by Gasteiger charge is -2.43. The molecule has 2 saturated carbocycles. The molecule has 1 amide bonds. The maximum atomic E-state index is 13.7. The summed E-state index contributed by atoms with van der Waals surface area (Å²) in [4.78, 5) is 12.6. The van der Waals surface area contributed by atoms with Gasteiger partial charge in [-0.3, -0.25) is 4.79 Å². The molecule has 0 heterocycles. The molecule has 1 unspecified atom stereocenters. The first-order valence-corrected chi connectivity index (χ1v) is 15.8. The normalized spacial score (nSPS) is 27.3. The van der Waals surface area contributed by atoms with Crippen LogP contribution in [-0.4, -0.2) is 51.5 Å². The van der Waals surface area contributed by atoms with E-state index in [2.05, 4.69) is 10.0 Å². The van der Waals surface area contributed by atoms with E-state index in [1.54, 1.807) is 0 Å². The van der Waals surface area contributed by atoms with Crippen LogP contribution in [0.4, 0.5) is 14.5 Å². The molecule has 5 atom stereocenters. The Hall–Kier alpha value is -2.12. The third-order valence-electron chi connectivity index (χ3n) is 7.83. The molecule has 8 nitrogen and oxygen atoms in total. The van der Waals surface area contributed by atoms with E-state index in [4.69, 9.17) is 11.6 Å². The van der Waals surface area contributed by atoms with E-state index >= 15 is 0 Å². The highest BCUT2D eigenvalue weighted by Gasteiger charge is 2.58. The number of sulfone groups is 1. The average molecular weight is 591 g/mol. The van der Waals surface area contributed by atoms with Crippen LogP contribution in [0.15, 0.2) is 35.2 Å². The average Bonchev–Trinajstić information content (AvgIpc) is 2.94. The minimum absolute atomic E-state index is 0.0292. The van der Waals surface area contributed by atoms with Crippen molar-refractivity contribution in [2.45, 2.75) is 48.9 Å². The molecule has 2 aromatic carbocycles. The van der Waals surface area contributed by atoms with Gasteiger partial charge in [-0.05, 0) is 73.8 Å².